The standard InChI is InChI=1S/C14H16Cl2O4/c1-3-19-13(17)11(15)9-5-7-10(8-6-9)12(16)14(18)20-4-2/h5-8,11-12H,3-4H2,1-2H3. The summed E-state index contributed by atoms with van der Waals surface area (Å²) in [5.74, 6) is -1.01. The van der Waals surface area contributed by atoms with E-state index in [2.05, 4.69) is 0 Å². The molecule has 6 heteroatoms. The van der Waals surface area contributed by atoms with Crippen molar-refractivity contribution < 1.29 is 19.1 Å². The Kier molecular flexibility index (Phi) is 6.82. The Morgan fingerprint density at radius 2 is 1.20 bits per heavy atom. The monoisotopic (exact) mass is 318 g/mol. The number of hydrogen-bond donors (Lipinski definition) is 0. The number of benzene rings is 1. The van der Waals surface area contributed by atoms with Crippen LogP contribution in [-0.4, -0.2) is 25.2 Å². The van der Waals surface area contributed by atoms with Gasteiger partial charge in [-0.15, -0.1) is 23.2 Å². The molecule has 0 bridgehead atoms. The maximum Gasteiger partial charge on any atom is 0.328 e. The number of carbonyl (C=O) groups is 2. The molecule has 0 N–H and O–H groups in total. The Bertz CT molecular complexity index is 416. The van der Waals surface area contributed by atoms with E-state index >= 15 is 0 Å². The summed E-state index contributed by atoms with van der Waals surface area (Å²) < 4.78 is 9.67. The second-order valence-electron chi connectivity index (χ2n) is 3.90. The highest BCUT2D eigenvalue weighted by Crippen LogP contribution is 2.26. The van der Waals surface area contributed by atoms with Gasteiger partial charge < -0.3 is 9.47 Å². The summed E-state index contributed by atoms with van der Waals surface area (Å²) in [7, 11) is 0. The molecule has 1 aromatic rings. The van der Waals surface area contributed by atoms with Gasteiger partial charge in [0, 0.05) is 0 Å². The van der Waals surface area contributed by atoms with Crippen molar-refractivity contribution in [1.82, 2.24) is 0 Å². The molecule has 20 heavy (non-hydrogen) atoms. The lowest BCUT2D eigenvalue weighted by atomic mass is 10.1. The molecule has 4 nitrogen and oxygen atoms in total. The van der Waals surface area contributed by atoms with Crippen LogP contribution in [0.4, 0.5) is 0 Å². The van der Waals surface area contributed by atoms with E-state index in [1.54, 1.807) is 38.1 Å². The molecular weight excluding hydrogens is 303 g/mol. The van der Waals surface area contributed by atoms with Crippen LogP contribution in [0.5, 0.6) is 0 Å². The maximum atomic E-state index is 11.5. The van der Waals surface area contributed by atoms with E-state index in [9.17, 15) is 9.59 Å². The fourth-order valence-corrected chi connectivity index (χ4v) is 1.95. The molecule has 0 fully saturated rings. The van der Waals surface area contributed by atoms with Gasteiger partial charge in [0.05, 0.1) is 13.2 Å². The quantitative estimate of drug-likeness (QED) is 0.596. The van der Waals surface area contributed by atoms with Crippen LogP contribution in [0.15, 0.2) is 24.3 Å². The molecule has 0 heterocycles. The minimum atomic E-state index is -0.875. The van der Waals surface area contributed by atoms with Gasteiger partial charge in [0.25, 0.3) is 0 Å². The fraction of sp³-hybridized carbons (Fsp3) is 0.429. The normalized spacial score (nSPS) is 13.4. The first-order valence-electron chi connectivity index (χ1n) is 6.22. The fourth-order valence-electron chi connectivity index (χ4n) is 1.54. The minimum Gasteiger partial charge on any atom is -0.465 e. The summed E-state index contributed by atoms with van der Waals surface area (Å²) in [5, 5.41) is -1.75. The Morgan fingerprint density at radius 3 is 1.45 bits per heavy atom. The Morgan fingerprint density at radius 1 is 0.900 bits per heavy atom. The predicted molar refractivity (Wildman–Crippen MR) is 76.9 cm³/mol. The van der Waals surface area contributed by atoms with E-state index in [0.29, 0.717) is 11.1 Å². The number of esters is 2. The summed E-state index contributed by atoms with van der Waals surface area (Å²) in [4.78, 5) is 23.0. The number of rotatable bonds is 6. The molecule has 0 aliphatic heterocycles. The van der Waals surface area contributed by atoms with Crippen molar-refractivity contribution in [3.63, 3.8) is 0 Å². The van der Waals surface area contributed by atoms with Gasteiger partial charge in [-0.2, -0.15) is 0 Å². The molecule has 2 unspecified atom stereocenters. The predicted octanol–water partition coefficient (Wildman–Crippen LogP) is 3.37. The van der Waals surface area contributed by atoms with E-state index in [1.807, 2.05) is 0 Å². The van der Waals surface area contributed by atoms with E-state index < -0.39 is 22.7 Å². The molecule has 1 rings (SSSR count). The van der Waals surface area contributed by atoms with Crippen LogP contribution < -0.4 is 0 Å². The van der Waals surface area contributed by atoms with Crippen LogP contribution in [0.3, 0.4) is 0 Å². The molecule has 0 radical (unpaired) electrons. The van der Waals surface area contributed by atoms with Crippen molar-refractivity contribution in [1.29, 1.82) is 0 Å². The lowest BCUT2D eigenvalue weighted by Crippen LogP contribution is -2.12. The van der Waals surface area contributed by atoms with Gasteiger partial charge >= 0.3 is 11.9 Å². The van der Waals surface area contributed by atoms with E-state index in [-0.39, 0.29) is 13.2 Å². The summed E-state index contributed by atoms with van der Waals surface area (Å²) in [5.41, 5.74) is 1.17. The van der Waals surface area contributed by atoms with Gasteiger partial charge in [-0.05, 0) is 25.0 Å². The SMILES string of the molecule is CCOC(=O)C(Cl)c1ccc(C(Cl)C(=O)OCC)cc1. The van der Waals surface area contributed by atoms with Crippen molar-refractivity contribution in [2.24, 2.45) is 0 Å². The van der Waals surface area contributed by atoms with Gasteiger partial charge in [0.2, 0.25) is 0 Å². The van der Waals surface area contributed by atoms with Crippen LogP contribution >= 0.6 is 23.2 Å². The number of ether oxygens (including phenoxy) is 2. The Balaban J connectivity index is 2.78. The minimum absolute atomic E-state index is 0.271. The maximum absolute atomic E-state index is 11.5. The zero-order valence-corrected chi connectivity index (χ0v) is 12.8. The lowest BCUT2D eigenvalue weighted by Gasteiger charge is -2.12. The largest absolute Gasteiger partial charge is 0.465 e. The summed E-state index contributed by atoms with van der Waals surface area (Å²) in [6, 6.07) is 6.55. The van der Waals surface area contributed by atoms with Gasteiger partial charge in [0.1, 0.15) is 0 Å². The first kappa shape index (κ1) is 16.8. The number of halogens is 2. The highest BCUT2D eigenvalue weighted by atomic mass is 35.5. The van der Waals surface area contributed by atoms with Crippen LogP contribution in [0.1, 0.15) is 35.7 Å². The molecular formula is C14H16Cl2O4. The Labute approximate surface area is 128 Å². The molecule has 2 atom stereocenters. The van der Waals surface area contributed by atoms with E-state index in [1.165, 1.54) is 0 Å². The highest BCUT2D eigenvalue weighted by molar-refractivity contribution is 6.30. The van der Waals surface area contributed by atoms with Gasteiger partial charge in [0.15, 0.2) is 10.8 Å². The number of hydrogen-bond acceptors (Lipinski definition) is 4. The molecule has 0 aliphatic rings. The smallest absolute Gasteiger partial charge is 0.328 e. The summed E-state index contributed by atoms with van der Waals surface area (Å²) in [6.45, 7) is 3.96. The third kappa shape index (κ3) is 4.39. The first-order valence-corrected chi connectivity index (χ1v) is 7.09. The second-order valence-corrected chi connectivity index (χ2v) is 4.77. The third-order valence-corrected chi connectivity index (χ3v) is 3.37. The lowest BCUT2D eigenvalue weighted by molar-refractivity contribution is -0.143. The van der Waals surface area contributed by atoms with Crippen LogP contribution in [0, 0.1) is 0 Å². The Hall–Kier alpha value is -1.26. The van der Waals surface area contributed by atoms with Gasteiger partial charge in [-0.1, -0.05) is 24.3 Å². The molecule has 0 aromatic heterocycles. The van der Waals surface area contributed by atoms with Crippen LogP contribution in [0.25, 0.3) is 0 Å². The van der Waals surface area contributed by atoms with Crippen molar-refractivity contribution in [2.75, 3.05) is 13.2 Å². The molecule has 0 aliphatic carbocycles. The average Bonchev–Trinajstić information content (AvgIpc) is 2.46. The van der Waals surface area contributed by atoms with Crippen molar-refractivity contribution in [3.05, 3.63) is 35.4 Å². The van der Waals surface area contributed by atoms with Crippen LogP contribution in [-0.2, 0) is 19.1 Å². The molecule has 0 spiro atoms. The highest BCUT2D eigenvalue weighted by Gasteiger charge is 2.21. The summed E-state index contributed by atoms with van der Waals surface area (Å²) >= 11 is 12.0. The molecule has 110 valence electrons. The molecule has 0 saturated heterocycles. The van der Waals surface area contributed by atoms with Gasteiger partial charge in [-0.3, -0.25) is 9.59 Å². The van der Waals surface area contributed by atoms with Crippen molar-refractivity contribution >= 4 is 35.1 Å². The zero-order valence-electron chi connectivity index (χ0n) is 11.3. The zero-order chi connectivity index (χ0) is 15.1. The third-order valence-electron chi connectivity index (χ3n) is 2.51. The molecule has 0 amide bonds. The van der Waals surface area contributed by atoms with Crippen LogP contribution in [0.2, 0.25) is 0 Å². The summed E-state index contributed by atoms with van der Waals surface area (Å²) in [6.07, 6.45) is 0. The first-order chi connectivity index (χ1) is 9.51. The molecule has 1 aromatic carbocycles. The topological polar surface area (TPSA) is 52.6 Å². The van der Waals surface area contributed by atoms with E-state index in [4.69, 9.17) is 32.7 Å². The van der Waals surface area contributed by atoms with Crippen molar-refractivity contribution in [3.8, 4) is 0 Å². The molecule has 0 saturated carbocycles. The number of alkyl halides is 2. The average molecular weight is 319 g/mol. The second kappa shape index (κ2) is 8.12. The van der Waals surface area contributed by atoms with E-state index in [0.717, 1.165) is 0 Å². The number of carbonyl (C=O) groups excluding carboxylic acids is 2. The van der Waals surface area contributed by atoms with Crippen molar-refractivity contribution in [2.45, 2.75) is 24.6 Å². The van der Waals surface area contributed by atoms with Gasteiger partial charge in [-0.25, -0.2) is 0 Å².